The van der Waals surface area contributed by atoms with E-state index < -0.39 is 5.54 Å². The van der Waals surface area contributed by atoms with Crippen LogP contribution in [0.5, 0.6) is 0 Å². The molecule has 1 aromatic rings. The van der Waals surface area contributed by atoms with Crippen LogP contribution in [-0.4, -0.2) is 33.8 Å². The highest BCUT2D eigenvalue weighted by atomic mass is 32.2. The zero-order valence-electron chi connectivity index (χ0n) is 11.3. The minimum atomic E-state index is -0.852. The molecule has 1 aliphatic rings. The maximum atomic E-state index is 11.7. The molecule has 1 fully saturated rings. The van der Waals surface area contributed by atoms with Gasteiger partial charge in [-0.3, -0.25) is 4.79 Å². The van der Waals surface area contributed by atoms with Crippen molar-refractivity contribution in [2.45, 2.75) is 48.6 Å². The van der Waals surface area contributed by atoms with Gasteiger partial charge in [0.1, 0.15) is 5.54 Å². The molecule has 1 saturated carbocycles. The number of rotatable bonds is 3. The molecule has 2 unspecified atom stereocenters. The van der Waals surface area contributed by atoms with Crippen molar-refractivity contribution in [2.24, 2.45) is 5.73 Å². The lowest BCUT2D eigenvalue weighted by Gasteiger charge is -2.34. The van der Waals surface area contributed by atoms with E-state index in [0.717, 1.165) is 23.6 Å². The molecule has 0 amide bonds. The van der Waals surface area contributed by atoms with Gasteiger partial charge in [-0.2, -0.15) is 0 Å². The third-order valence-corrected chi connectivity index (χ3v) is 4.52. The van der Waals surface area contributed by atoms with Crippen molar-refractivity contribution < 1.29 is 9.53 Å². The van der Waals surface area contributed by atoms with E-state index in [9.17, 15) is 4.79 Å². The Morgan fingerprint density at radius 1 is 1.53 bits per heavy atom. The molecule has 0 saturated heterocycles. The summed E-state index contributed by atoms with van der Waals surface area (Å²) in [7, 11) is 1.39. The molecule has 0 radical (unpaired) electrons. The van der Waals surface area contributed by atoms with Crippen LogP contribution in [0, 0.1) is 6.92 Å². The molecule has 5 nitrogen and oxygen atoms in total. The van der Waals surface area contributed by atoms with E-state index in [1.165, 1.54) is 7.11 Å². The molecule has 1 aliphatic carbocycles. The Kier molecular flexibility index (Phi) is 4.42. The van der Waals surface area contributed by atoms with Gasteiger partial charge in [-0.15, -0.1) is 0 Å². The summed E-state index contributed by atoms with van der Waals surface area (Å²) in [5.41, 5.74) is 6.34. The summed E-state index contributed by atoms with van der Waals surface area (Å²) in [6, 6.07) is 0. The fourth-order valence-corrected chi connectivity index (χ4v) is 3.53. The number of esters is 1. The Bertz CT molecular complexity index is 452. The van der Waals surface area contributed by atoms with E-state index in [1.807, 2.05) is 6.92 Å². The molecule has 0 aromatic carbocycles. The average Bonchev–Trinajstić information content (AvgIpc) is 2.40. The second-order valence-corrected chi connectivity index (χ2v) is 6.29. The largest absolute Gasteiger partial charge is 0.468 e. The van der Waals surface area contributed by atoms with E-state index in [2.05, 4.69) is 9.97 Å². The second kappa shape index (κ2) is 5.88. The van der Waals surface area contributed by atoms with Crippen LogP contribution in [0.15, 0.2) is 17.6 Å². The summed E-state index contributed by atoms with van der Waals surface area (Å²) in [4.78, 5) is 20.3. The summed E-state index contributed by atoms with van der Waals surface area (Å²) in [6.45, 7) is 1.96. The minimum Gasteiger partial charge on any atom is -0.468 e. The molecule has 0 spiro atoms. The van der Waals surface area contributed by atoms with Crippen LogP contribution in [0.25, 0.3) is 0 Å². The minimum absolute atomic E-state index is 0.264. The van der Waals surface area contributed by atoms with Crippen molar-refractivity contribution in [3.63, 3.8) is 0 Å². The van der Waals surface area contributed by atoms with E-state index >= 15 is 0 Å². The standard InChI is InChI=1S/C13H19N3O2S/c1-9-7-15-12(16-8-9)19-10-4-3-5-13(14,6-10)11(17)18-2/h7-8,10H,3-6,14H2,1-2H3. The van der Waals surface area contributed by atoms with Crippen molar-refractivity contribution in [1.82, 2.24) is 9.97 Å². The highest BCUT2D eigenvalue weighted by molar-refractivity contribution is 7.99. The predicted molar refractivity (Wildman–Crippen MR) is 73.8 cm³/mol. The Morgan fingerprint density at radius 3 is 2.84 bits per heavy atom. The summed E-state index contributed by atoms with van der Waals surface area (Å²) in [6.07, 6.45) is 6.85. The zero-order chi connectivity index (χ0) is 13.9. The number of thioether (sulfide) groups is 1. The van der Waals surface area contributed by atoms with Crippen LogP contribution in [0.3, 0.4) is 0 Å². The van der Waals surface area contributed by atoms with Gasteiger partial charge in [0, 0.05) is 17.6 Å². The maximum absolute atomic E-state index is 11.7. The molecule has 2 atom stereocenters. The summed E-state index contributed by atoms with van der Waals surface area (Å²) < 4.78 is 4.80. The van der Waals surface area contributed by atoms with Gasteiger partial charge in [0.05, 0.1) is 7.11 Å². The Hall–Kier alpha value is -1.14. The zero-order valence-corrected chi connectivity index (χ0v) is 12.1. The SMILES string of the molecule is COC(=O)C1(N)CCCC(Sc2ncc(C)cn2)C1. The summed E-state index contributed by atoms with van der Waals surface area (Å²) >= 11 is 1.59. The molecular weight excluding hydrogens is 262 g/mol. The quantitative estimate of drug-likeness (QED) is 0.671. The topological polar surface area (TPSA) is 78.1 Å². The number of carbonyl (C=O) groups excluding carboxylic acids is 1. The molecule has 2 N–H and O–H groups in total. The maximum Gasteiger partial charge on any atom is 0.325 e. The van der Waals surface area contributed by atoms with Gasteiger partial charge in [-0.05, 0) is 38.2 Å². The number of nitrogens with zero attached hydrogens (tertiary/aromatic N) is 2. The molecule has 104 valence electrons. The average molecular weight is 281 g/mol. The predicted octanol–water partition coefficient (Wildman–Crippen LogP) is 1.69. The lowest BCUT2D eigenvalue weighted by atomic mass is 9.82. The van der Waals surface area contributed by atoms with Crippen LogP contribution in [0.1, 0.15) is 31.2 Å². The van der Waals surface area contributed by atoms with Gasteiger partial charge in [0.25, 0.3) is 0 Å². The summed E-state index contributed by atoms with van der Waals surface area (Å²) in [5, 5.41) is 1.00. The van der Waals surface area contributed by atoms with E-state index in [1.54, 1.807) is 24.2 Å². The Labute approximate surface area is 117 Å². The first-order valence-corrected chi connectivity index (χ1v) is 7.24. The molecule has 6 heteroatoms. The number of carbonyl (C=O) groups is 1. The number of aryl methyl sites for hydroxylation is 1. The Morgan fingerprint density at radius 2 is 2.21 bits per heavy atom. The van der Waals surface area contributed by atoms with Gasteiger partial charge in [-0.25, -0.2) is 9.97 Å². The molecule has 0 aliphatic heterocycles. The molecular formula is C13H19N3O2S. The molecule has 19 heavy (non-hydrogen) atoms. The first-order valence-electron chi connectivity index (χ1n) is 6.36. The van der Waals surface area contributed by atoms with Crippen LogP contribution in [-0.2, 0) is 9.53 Å². The third kappa shape index (κ3) is 3.45. The monoisotopic (exact) mass is 281 g/mol. The van der Waals surface area contributed by atoms with Crippen LogP contribution < -0.4 is 5.73 Å². The molecule has 2 rings (SSSR count). The van der Waals surface area contributed by atoms with Gasteiger partial charge in [-0.1, -0.05) is 11.8 Å². The first kappa shape index (κ1) is 14.3. The number of hydrogen-bond donors (Lipinski definition) is 1. The fourth-order valence-electron chi connectivity index (χ4n) is 2.34. The lowest BCUT2D eigenvalue weighted by molar-refractivity contribution is -0.148. The molecule has 1 aromatic heterocycles. The van der Waals surface area contributed by atoms with Gasteiger partial charge >= 0.3 is 5.97 Å². The van der Waals surface area contributed by atoms with Crippen molar-refractivity contribution in [3.8, 4) is 0 Å². The number of nitrogens with two attached hydrogens (primary N) is 1. The van der Waals surface area contributed by atoms with Crippen LogP contribution in [0.4, 0.5) is 0 Å². The van der Waals surface area contributed by atoms with E-state index in [0.29, 0.717) is 12.8 Å². The molecule has 1 heterocycles. The van der Waals surface area contributed by atoms with Crippen molar-refractivity contribution >= 4 is 17.7 Å². The van der Waals surface area contributed by atoms with Gasteiger partial charge in [0.2, 0.25) is 0 Å². The smallest absolute Gasteiger partial charge is 0.325 e. The van der Waals surface area contributed by atoms with E-state index in [4.69, 9.17) is 10.5 Å². The van der Waals surface area contributed by atoms with Crippen molar-refractivity contribution in [1.29, 1.82) is 0 Å². The number of ether oxygens (including phenoxy) is 1. The normalized spacial score (nSPS) is 27.0. The first-order chi connectivity index (χ1) is 9.03. The second-order valence-electron chi connectivity index (χ2n) is 5.03. The van der Waals surface area contributed by atoms with E-state index in [-0.39, 0.29) is 11.2 Å². The number of hydrogen-bond acceptors (Lipinski definition) is 6. The number of aromatic nitrogens is 2. The highest BCUT2D eigenvalue weighted by Crippen LogP contribution is 2.36. The fraction of sp³-hybridized carbons (Fsp3) is 0.615. The lowest BCUT2D eigenvalue weighted by Crippen LogP contribution is -2.52. The Balaban J connectivity index is 2.01. The van der Waals surface area contributed by atoms with Gasteiger partial charge < -0.3 is 10.5 Å². The molecule has 0 bridgehead atoms. The van der Waals surface area contributed by atoms with Crippen LogP contribution in [0.2, 0.25) is 0 Å². The third-order valence-electron chi connectivity index (χ3n) is 3.36. The van der Waals surface area contributed by atoms with Crippen molar-refractivity contribution in [2.75, 3.05) is 7.11 Å². The summed E-state index contributed by atoms with van der Waals surface area (Å²) in [5.74, 6) is -0.317. The highest BCUT2D eigenvalue weighted by Gasteiger charge is 2.40. The van der Waals surface area contributed by atoms with Crippen LogP contribution >= 0.6 is 11.8 Å². The number of methoxy groups -OCH3 is 1. The van der Waals surface area contributed by atoms with Gasteiger partial charge in [0.15, 0.2) is 5.16 Å². The van der Waals surface area contributed by atoms with Crippen molar-refractivity contribution in [3.05, 3.63) is 18.0 Å².